The van der Waals surface area contributed by atoms with Gasteiger partial charge in [-0.05, 0) is 67.1 Å². The number of hydrogen-bond donors (Lipinski definition) is 4. The van der Waals surface area contributed by atoms with Crippen LogP contribution in [-0.4, -0.2) is 53.4 Å². The van der Waals surface area contributed by atoms with Gasteiger partial charge in [-0.25, -0.2) is 24.5 Å². The molecule has 0 spiro atoms. The molecule has 3 aromatic heterocycles. The van der Waals surface area contributed by atoms with Crippen LogP contribution in [-0.2, 0) is 16.8 Å². The SMILES string of the molecule is Cc1cc(Nc2cnccn2)nc(-c2cnc([C@@]3(O)CCCc4cc(C(=O)O)ccc43)s2)c1.O=C(O)C(F)(F)F. The minimum atomic E-state index is -5.08. The number of carbonyl (C=O) groups is 2. The predicted octanol–water partition coefficient (Wildman–Crippen LogP) is 4.95. The number of pyridine rings is 1. The molecular formula is C26H22F3N5O5S. The molecule has 0 radical (unpaired) electrons. The molecule has 0 bridgehead atoms. The molecule has 40 heavy (non-hydrogen) atoms. The van der Waals surface area contributed by atoms with Crippen molar-refractivity contribution in [2.45, 2.75) is 38.0 Å². The molecule has 1 aromatic carbocycles. The first-order valence-electron chi connectivity index (χ1n) is 11.7. The minimum Gasteiger partial charge on any atom is -0.478 e. The highest BCUT2D eigenvalue weighted by Gasteiger charge is 2.39. The summed E-state index contributed by atoms with van der Waals surface area (Å²) in [5.41, 5.74) is 2.31. The van der Waals surface area contributed by atoms with Crippen molar-refractivity contribution in [2.24, 2.45) is 0 Å². The van der Waals surface area contributed by atoms with Gasteiger partial charge in [0.25, 0.3) is 0 Å². The highest BCUT2D eigenvalue weighted by atomic mass is 32.1. The van der Waals surface area contributed by atoms with Crippen molar-refractivity contribution in [1.82, 2.24) is 19.9 Å². The van der Waals surface area contributed by atoms with Crippen molar-refractivity contribution in [3.8, 4) is 10.6 Å². The molecular weight excluding hydrogens is 551 g/mol. The second-order valence-corrected chi connectivity index (χ2v) is 9.88. The number of alkyl halides is 3. The second kappa shape index (κ2) is 11.4. The normalized spacial score (nSPS) is 16.3. The van der Waals surface area contributed by atoms with E-state index < -0.39 is 23.7 Å². The summed E-state index contributed by atoms with van der Waals surface area (Å²) < 4.78 is 31.7. The van der Waals surface area contributed by atoms with Crippen LogP contribution in [0.15, 0.2) is 55.1 Å². The Morgan fingerprint density at radius 2 is 1.80 bits per heavy atom. The van der Waals surface area contributed by atoms with Gasteiger partial charge >= 0.3 is 18.1 Å². The number of aryl methyl sites for hydroxylation is 2. The van der Waals surface area contributed by atoms with Crippen LogP contribution in [0.2, 0.25) is 0 Å². The molecule has 14 heteroatoms. The van der Waals surface area contributed by atoms with Gasteiger partial charge in [0.1, 0.15) is 22.2 Å². The van der Waals surface area contributed by atoms with Gasteiger partial charge in [-0.1, -0.05) is 6.07 Å². The number of thiazole rings is 1. The van der Waals surface area contributed by atoms with Crippen LogP contribution in [0.1, 0.15) is 44.9 Å². The maximum Gasteiger partial charge on any atom is 0.490 e. The Kier molecular flexibility index (Phi) is 8.11. The summed E-state index contributed by atoms with van der Waals surface area (Å²) in [7, 11) is 0. The van der Waals surface area contributed by atoms with Gasteiger partial charge in [0, 0.05) is 18.6 Å². The number of nitrogens with zero attached hydrogens (tertiary/aromatic N) is 4. The summed E-state index contributed by atoms with van der Waals surface area (Å²) in [6, 6.07) is 8.80. The number of fused-ring (bicyclic) bond motifs is 1. The summed E-state index contributed by atoms with van der Waals surface area (Å²) in [5.74, 6) is -2.49. The molecule has 0 unspecified atom stereocenters. The average molecular weight is 574 g/mol. The smallest absolute Gasteiger partial charge is 0.478 e. The van der Waals surface area contributed by atoms with Crippen LogP contribution in [0.4, 0.5) is 24.8 Å². The van der Waals surface area contributed by atoms with Crippen LogP contribution >= 0.6 is 11.3 Å². The summed E-state index contributed by atoms with van der Waals surface area (Å²) in [4.78, 5) is 38.6. The Hall–Kier alpha value is -4.43. The predicted molar refractivity (Wildman–Crippen MR) is 138 cm³/mol. The van der Waals surface area contributed by atoms with Crippen molar-refractivity contribution < 1.29 is 38.1 Å². The minimum absolute atomic E-state index is 0.227. The van der Waals surface area contributed by atoms with Crippen LogP contribution in [0, 0.1) is 6.92 Å². The zero-order chi connectivity index (χ0) is 29.1. The molecule has 0 saturated carbocycles. The third-order valence-electron chi connectivity index (χ3n) is 5.93. The van der Waals surface area contributed by atoms with Crippen LogP contribution in [0.3, 0.4) is 0 Å². The van der Waals surface area contributed by atoms with E-state index in [-0.39, 0.29) is 5.56 Å². The van der Waals surface area contributed by atoms with E-state index in [4.69, 9.17) is 14.9 Å². The molecule has 0 saturated heterocycles. The third kappa shape index (κ3) is 6.40. The van der Waals surface area contributed by atoms with Crippen LogP contribution in [0.25, 0.3) is 10.6 Å². The van der Waals surface area contributed by atoms with E-state index in [1.54, 1.807) is 43.0 Å². The summed E-state index contributed by atoms with van der Waals surface area (Å²) in [6.45, 7) is 1.99. The fraction of sp³-hybridized carbons (Fsp3) is 0.231. The van der Waals surface area contributed by atoms with Crippen molar-refractivity contribution in [2.75, 3.05) is 5.32 Å². The van der Waals surface area contributed by atoms with E-state index in [0.717, 1.165) is 40.1 Å². The highest BCUT2D eigenvalue weighted by Crippen LogP contribution is 2.43. The number of benzene rings is 1. The van der Waals surface area contributed by atoms with Gasteiger partial charge in [-0.3, -0.25) is 4.98 Å². The summed E-state index contributed by atoms with van der Waals surface area (Å²) >= 11 is 1.39. The summed E-state index contributed by atoms with van der Waals surface area (Å²) in [6.07, 6.45) is 3.49. The highest BCUT2D eigenvalue weighted by molar-refractivity contribution is 7.15. The molecule has 0 aliphatic heterocycles. The number of aliphatic carboxylic acids is 1. The Morgan fingerprint density at radius 3 is 2.45 bits per heavy atom. The fourth-order valence-electron chi connectivity index (χ4n) is 4.16. The van der Waals surface area contributed by atoms with Crippen molar-refractivity contribution in [3.63, 3.8) is 0 Å². The third-order valence-corrected chi connectivity index (χ3v) is 7.10. The van der Waals surface area contributed by atoms with E-state index in [0.29, 0.717) is 23.1 Å². The maximum absolute atomic E-state index is 11.6. The summed E-state index contributed by atoms with van der Waals surface area (Å²) in [5, 5.41) is 31.8. The number of rotatable bonds is 5. The lowest BCUT2D eigenvalue weighted by Crippen LogP contribution is -2.32. The van der Waals surface area contributed by atoms with Crippen molar-refractivity contribution in [3.05, 3.63) is 82.4 Å². The first-order chi connectivity index (χ1) is 18.9. The fourth-order valence-corrected chi connectivity index (χ4v) is 5.17. The number of nitrogens with one attached hydrogen (secondary N) is 1. The lowest BCUT2D eigenvalue weighted by Gasteiger charge is -2.33. The molecule has 3 heterocycles. The molecule has 5 rings (SSSR count). The first kappa shape index (κ1) is 28.6. The molecule has 10 nitrogen and oxygen atoms in total. The Labute approximate surface area is 229 Å². The number of halogens is 3. The zero-order valence-corrected chi connectivity index (χ0v) is 21.6. The lowest BCUT2D eigenvalue weighted by atomic mass is 9.79. The standard InChI is InChI=1S/C24H21N5O3S.C2HF3O2/c1-14-9-18(28-20(10-14)29-21-13-25-7-8-26-21)19-12-27-23(33-19)24(32)6-2-3-15-11-16(22(30)31)4-5-17(15)24;3-2(4,5)1(6)7/h4-5,7-13,32H,2-3,6H2,1H3,(H,30,31)(H,26,28,29);(H,6,7)/t24-;/m1./s1. The molecule has 208 valence electrons. The van der Waals surface area contributed by atoms with Gasteiger partial charge in [0.05, 0.1) is 22.3 Å². The van der Waals surface area contributed by atoms with Gasteiger partial charge in [0.2, 0.25) is 0 Å². The first-order valence-corrected chi connectivity index (χ1v) is 12.6. The van der Waals surface area contributed by atoms with Crippen molar-refractivity contribution in [1.29, 1.82) is 0 Å². The molecule has 1 atom stereocenters. The average Bonchev–Trinajstić information content (AvgIpc) is 3.40. The van der Waals surface area contributed by atoms with E-state index in [2.05, 4.69) is 20.3 Å². The molecule has 4 N–H and O–H groups in total. The van der Waals surface area contributed by atoms with Crippen LogP contribution < -0.4 is 5.32 Å². The molecule has 4 aromatic rings. The number of anilines is 2. The molecule has 0 fully saturated rings. The van der Waals surface area contributed by atoms with E-state index >= 15 is 0 Å². The molecule has 1 aliphatic carbocycles. The topological polar surface area (TPSA) is 158 Å². The van der Waals surface area contributed by atoms with Gasteiger partial charge < -0.3 is 20.6 Å². The number of aliphatic hydroxyl groups is 1. The lowest BCUT2D eigenvalue weighted by molar-refractivity contribution is -0.192. The van der Waals surface area contributed by atoms with Gasteiger partial charge in [-0.15, -0.1) is 11.3 Å². The number of aromatic carboxylic acids is 1. The zero-order valence-electron chi connectivity index (χ0n) is 20.8. The van der Waals surface area contributed by atoms with Crippen LogP contribution in [0.5, 0.6) is 0 Å². The monoisotopic (exact) mass is 573 g/mol. The quantitative estimate of drug-likeness (QED) is 0.257. The number of carboxylic acids is 2. The Bertz CT molecular complexity index is 1550. The van der Waals surface area contributed by atoms with E-state index in [1.165, 1.54) is 11.3 Å². The van der Waals surface area contributed by atoms with E-state index in [9.17, 15) is 28.2 Å². The van der Waals surface area contributed by atoms with E-state index in [1.807, 2.05) is 19.1 Å². The number of carboxylic acid groups (broad SMARTS) is 2. The Morgan fingerprint density at radius 1 is 1.05 bits per heavy atom. The maximum atomic E-state index is 11.6. The van der Waals surface area contributed by atoms with Gasteiger partial charge in [-0.2, -0.15) is 13.2 Å². The second-order valence-electron chi connectivity index (χ2n) is 8.85. The van der Waals surface area contributed by atoms with Crippen molar-refractivity contribution >= 4 is 34.9 Å². The largest absolute Gasteiger partial charge is 0.490 e. The van der Waals surface area contributed by atoms with Gasteiger partial charge in [0.15, 0.2) is 0 Å². The molecule has 1 aliphatic rings. The number of aromatic nitrogens is 4. The number of hydrogen-bond acceptors (Lipinski definition) is 9. The molecule has 0 amide bonds. The Balaban J connectivity index is 0.000000470.